The number of carbonyl (C=O) groups is 1. The molecular formula is C10H12O3. The van der Waals surface area contributed by atoms with Crippen LogP contribution in [0.3, 0.4) is 0 Å². The second kappa shape index (κ2) is 4.50. The minimum atomic E-state index is -0.229. The zero-order valence-corrected chi connectivity index (χ0v) is 7.69. The summed E-state index contributed by atoms with van der Waals surface area (Å²) in [4.78, 5) is 10.1. The average molecular weight is 180 g/mol. The number of carbonyl (C=O) groups excluding carboxylic acids is 1. The highest BCUT2D eigenvalue weighted by molar-refractivity contribution is 5.39. The number of ether oxygens (including phenoxy) is 2. The fourth-order valence-electron chi connectivity index (χ4n) is 1.06. The van der Waals surface area contributed by atoms with Gasteiger partial charge in [0, 0.05) is 0 Å². The van der Waals surface area contributed by atoms with E-state index in [-0.39, 0.29) is 6.10 Å². The highest BCUT2D eigenvalue weighted by Crippen LogP contribution is 2.20. The van der Waals surface area contributed by atoms with E-state index in [0.29, 0.717) is 6.47 Å². The van der Waals surface area contributed by atoms with Crippen molar-refractivity contribution >= 4 is 6.47 Å². The fraction of sp³-hybridized carbons (Fsp3) is 0.300. The first kappa shape index (κ1) is 9.58. The van der Waals surface area contributed by atoms with Crippen LogP contribution in [0.2, 0.25) is 0 Å². The molecule has 0 fully saturated rings. The number of benzene rings is 1. The zero-order valence-electron chi connectivity index (χ0n) is 7.69. The van der Waals surface area contributed by atoms with Crippen LogP contribution in [0.15, 0.2) is 24.3 Å². The predicted molar refractivity (Wildman–Crippen MR) is 48.6 cm³/mol. The van der Waals surface area contributed by atoms with E-state index in [0.717, 1.165) is 11.3 Å². The molecular weight excluding hydrogens is 168 g/mol. The minimum absolute atomic E-state index is 0.229. The summed E-state index contributed by atoms with van der Waals surface area (Å²) >= 11 is 0. The Morgan fingerprint density at radius 1 is 1.46 bits per heavy atom. The van der Waals surface area contributed by atoms with Crippen LogP contribution < -0.4 is 4.74 Å². The molecule has 0 amide bonds. The molecule has 0 spiro atoms. The Kier molecular flexibility index (Phi) is 3.31. The van der Waals surface area contributed by atoms with E-state index in [4.69, 9.17) is 9.47 Å². The lowest BCUT2D eigenvalue weighted by atomic mass is 10.1. The van der Waals surface area contributed by atoms with Crippen molar-refractivity contribution in [1.29, 1.82) is 0 Å². The second-order valence-electron chi connectivity index (χ2n) is 2.65. The van der Waals surface area contributed by atoms with Gasteiger partial charge in [-0.2, -0.15) is 0 Å². The largest absolute Gasteiger partial charge is 0.497 e. The Hall–Kier alpha value is -1.51. The monoisotopic (exact) mass is 180 g/mol. The molecule has 3 heteroatoms. The molecule has 13 heavy (non-hydrogen) atoms. The van der Waals surface area contributed by atoms with Gasteiger partial charge in [-0.3, -0.25) is 4.79 Å². The molecule has 0 aliphatic carbocycles. The van der Waals surface area contributed by atoms with Crippen molar-refractivity contribution in [2.75, 3.05) is 7.11 Å². The fourth-order valence-corrected chi connectivity index (χ4v) is 1.06. The number of rotatable bonds is 4. The molecule has 1 unspecified atom stereocenters. The number of hydrogen-bond acceptors (Lipinski definition) is 3. The van der Waals surface area contributed by atoms with Gasteiger partial charge in [0.05, 0.1) is 7.11 Å². The molecule has 3 nitrogen and oxygen atoms in total. The molecule has 0 saturated heterocycles. The molecule has 1 aromatic carbocycles. The summed E-state index contributed by atoms with van der Waals surface area (Å²) in [7, 11) is 1.60. The van der Waals surface area contributed by atoms with Gasteiger partial charge in [0.25, 0.3) is 6.47 Å². The van der Waals surface area contributed by atoms with Gasteiger partial charge in [0.2, 0.25) is 0 Å². The maximum Gasteiger partial charge on any atom is 0.293 e. The lowest BCUT2D eigenvalue weighted by Gasteiger charge is -2.10. The third-order valence-electron chi connectivity index (χ3n) is 1.82. The van der Waals surface area contributed by atoms with E-state index in [1.54, 1.807) is 7.11 Å². The van der Waals surface area contributed by atoms with E-state index in [9.17, 15) is 4.79 Å². The number of hydrogen-bond donors (Lipinski definition) is 0. The van der Waals surface area contributed by atoms with Crippen molar-refractivity contribution < 1.29 is 14.3 Å². The highest BCUT2D eigenvalue weighted by atomic mass is 16.5. The van der Waals surface area contributed by atoms with Gasteiger partial charge in [-0.05, 0) is 24.6 Å². The molecule has 1 rings (SSSR count). The molecule has 0 bridgehead atoms. The summed E-state index contributed by atoms with van der Waals surface area (Å²) in [6, 6.07) is 7.43. The van der Waals surface area contributed by atoms with Gasteiger partial charge >= 0.3 is 0 Å². The van der Waals surface area contributed by atoms with Crippen molar-refractivity contribution in [3.8, 4) is 5.75 Å². The topological polar surface area (TPSA) is 35.5 Å². The average Bonchev–Trinajstić information content (AvgIpc) is 2.18. The second-order valence-corrected chi connectivity index (χ2v) is 2.65. The van der Waals surface area contributed by atoms with Crippen LogP contribution in [0.1, 0.15) is 18.6 Å². The third-order valence-corrected chi connectivity index (χ3v) is 1.82. The lowest BCUT2D eigenvalue weighted by molar-refractivity contribution is -0.133. The molecule has 1 aromatic rings. The van der Waals surface area contributed by atoms with E-state index >= 15 is 0 Å². The van der Waals surface area contributed by atoms with Crippen LogP contribution in [0.5, 0.6) is 5.75 Å². The van der Waals surface area contributed by atoms with Crippen molar-refractivity contribution in [3.05, 3.63) is 29.8 Å². The molecule has 0 heterocycles. The Morgan fingerprint density at radius 2 is 2.23 bits per heavy atom. The standard InChI is InChI=1S/C10H12O3/c1-8(13-7-11)9-4-3-5-10(6-9)12-2/h3-8H,1-2H3. The van der Waals surface area contributed by atoms with Gasteiger partial charge in [-0.15, -0.1) is 0 Å². The lowest BCUT2D eigenvalue weighted by Crippen LogP contribution is -1.98. The van der Waals surface area contributed by atoms with Crippen LogP contribution in [-0.4, -0.2) is 13.6 Å². The van der Waals surface area contributed by atoms with Crippen LogP contribution >= 0.6 is 0 Å². The van der Waals surface area contributed by atoms with Crippen LogP contribution in [0.4, 0.5) is 0 Å². The first-order valence-electron chi connectivity index (χ1n) is 4.01. The molecule has 0 aromatic heterocycles. The Bertz CT molecular complexity index is 283. The van der Waals surface area contributed by atoms with Crippen LogP contribution in [-0.2, 0) is 9.53 Å². The molecule has 0 N–H and O–H groups in total. The van der Waals surface area contributed by atoms with Gasteiger partial charge < -0.3 is 9.47 Å². The smallest absolute Gasteiger partial charge is 0.293 e. The van der Waals surface area contributed by atoms with Crippen LogP contribution in [0.25, 0.3) is 0 Å². The van der Waals surface area contributed by atoms with Gasteiger partial charge in [0.1, 0.15) is 11.9 Å². The molecule has 0 aliphatic heterocycles. The molecule has 0 saturated carbocycles. The van der Waals surface area contributed by atoms with Gasteiger partial charge in [0.15, 0.2) is 0 Å². The molecule has 70 valence electrons. The van der Waals surface area contributed by atoms with Crippen molar-refractivity contribution in [2.45, 2.75) is 13.0 Å². The first-order chi connectivity index (χ1) is 6.27. The number of methoxy groups -OCH3 is 1. The SMILES string of the molecule is COc1cccc(C(C)OC=O)c1. The molecule has 0 radical (unpaired) electrons. The van der Waals surface area contributed by atoms with Crippen molar-refractivity contribution in [2.24, 2.45) is 0 Å². The van der Waals surface area contributed by atoms with Gasteiger partial charge in [-0.1, -0.05) is 12.1 Å². The Morgan fingerprint density at radius 3 is 2.85 bits per heavy atom. The Labute approximate surface area is 77.3 Å². The minimum Gasteiger partial charge on any atom is -0.497 e. The van der Waals surface area contributed by atoms with E-state index in [1.165, 1.54) is 0 Å². The Balaban J connectivity index is 2.81. The van der Waals surface area contributed by atoms with E-state index in [2.05, 4.69) is 0 Å². The summed E-state index contributed by atoms with van der Waals surface area (Å²) in [6.45, 7) is 2.26. The summed E-state index contributed by atoms with van der Waals surface area (Å²) in [6.07, 6.45) is -0.229. The summed E-state index contributed by atoms with van der Waals surface area (Å²) < 4.78 is 9.83. The van der Waals surface area contributed by atoms with Crippen LogP contribution in [0, 0.1) is 0 Å². The third kappa shape index (κ3) is 2.47. The summed E-state index contributed by atoms with van der Waals surface area (Å²) in [5, 5.41) is 0. The normalized spacial score (nSPS) is 11.8. The molecule has 0 aliphatic rings. The maximum atomic E-state index is 10.1. The predicted octanol–water partition coefficient (Wildman–Crippen LogP) is 1.93. The van der Waals surface area contributed by atoms with Crippen molar-refractivity contribution in [3.63, 3.8) is 0 Å². The van der Waals surface area contributed by atoms with E-state index in [1.807, 2.05) is 31.2 Å². The van der Waals surface area contributed by atoms with Crippen molar-refractivity contribution in [1.82, 2.24) is 0 Å². The molecule has 1 atom stereocenters. The van der Waals surface area contributed by atoms with E-state index < -0.39 is 0 Å². The quantitative estimate of drug-likeness (QED) is 0.664. The maximum absolute atomic E-state index is 10.1. The van der Waals surface area contributed by atoms with Gasteiger partial charge in [-0.25, -0.2) is 0 Å². The highest BCUT2D eigenvalue weighted by Gasteiger charge is 2.05. The first-order valence-corrected chi connectivity index (χ1v) is 4.01. The summed E-state index contributed by atoms with van der Waals surface area (Å²) in [5.41, 5.74) is 0.923. The zero-order chi connectivity index (χ0) is 9.68. The summed E-state index contributed by atoms with van der Waals surface area (Å²) in [5.74, 6) is 0.763.